The number of benzene rings is 3. The van der Waals surface area contributed by atoms with Crippen LogP contribution in [0.2, 0.25) is 0 Å². The molecule has 2 aliphatic heterocycles. The highest BCUT2D eigenvalue weighted by Crippen LogP contribution is 2.18. The van der Waals surface area contributed by atoms with Gasteiger partial charge in [-0.15, -0.1) is 12.4 Å². The Kier molecular flexibility index (Phi) is 18.1. The normalized spacial score (nSPS) is 17.3. The lowest BCUT2D eigenvalue weighted by molar-refractivity contribution is -0.121. The summed E-state index contributed by atoms with van der Waals surface area (Å²) in [6.07, 6.45) is 0.0155. The monoisotopic (exact) mass is 792 g/mol. The molecule has 12 nitrogen and oxygen atoms in total. The van der Waals surface area contributed by atoms with Gasteiger partial charge in [0.15, 0.2) is 0 Å². The van der Waals surface area contributed by atoms with E-state index in [1.54, 1.807) is 9.80 Å². The first kappa shape index (κ1) is 45.7. The molecule has 2 atom stereocenters. The van der Waals surface area contributed by atoms with Crippen molar-refractivity contribution in [2.24, 2.45) is 0 Å². The van der Waals surface area contributed by atoms with Crippen molar-refractivity contribution in [2.75, 3.05) is 52.4 Å². The molecular weight excluding hydrogens is 732 g/mol. The Morgan fingerprint density at radius 1 is 0.625 bits per heavy atom. The lowest BCUT2D eigenvalue weighted by Crippen LogP contribution is -2.59. The van der Waals surface area contributed by atoms with E-state index in [1.807, 2.05) is 120 Å². The van der Waals surface area contributed by atoms with Gasteiger partial charge in [-0.2, -0.15) is 0 Å². The molecular formula is C43H61ClN6O6. The zero-order chi connectivity index (χ0) is 39.8. The first-order chi connectivity index (χ1) is 26.1. The van der Waals surface area contributed by atoms with Crippen molar-refractivity contribution in [1.82, 2.24) is 30.7 Å². The van der Waals surface area contributed by atoms with Crippen molar-refractivity contribution in [3.63, 3.8) is 0 Å². The summed E-state index contributed by atoms with van der Waals surface area (Å²) < 4.78 is 11.1. The zero-order valence-corrected chi connectivity index (χ0v) is 34.6. The summed E-state index contributed by atoms with van der Waals surface area (Å²) in [7, 11) is 0. The van der Waals surface area contributed by atoms with Crippen molar-refractivity contribution in [2.45, 2.75) is 84.2 Å². The molecule has 3 N–H and O–H groups in total. The second-order valence-electron chi connectivity index (χ2n) is 16.0. The Labute approximate surface area is 339 Å². The number of rotatable bonds is 10. The maximum Gasteiger partial charge on any atom is 0.410 e. The highest BCUT2D eigenvalue weighted by atomic mass is 35.5. The van der Waals surface area contributed by atoms with Crippen LogP contribution in [0.25, 0.3) is 0 Å². The molecule has 2 fully saturated rings. The summed E-state index contributed by atoms with van der Waals surface area (Å²) in [5.74, 6) is -0.0913. The number of nitrogens with zero attached hydrogens (tertiary/aromatic N) is 3. The number of hydrogen-bond acceptors (Lipinski definition) is 8. The minimum atomic E-state index is -0.556. The van der Waals surface area contributed by atoms with Crippen molar-refractivity contribution < 1.29 is 28.7 Å². The Morgan fingerprint density at radius 3 is 1.52 bits per heavy atom. The van der Waals surface area contributed by atoms with E-state index in [0.717, 1.165) is 30.8 Å². The van der Waals surface area contributed by atoms with E-state index >= 15 is 0 Å². The number of carbonyl (C=O) groups excluding carboxylic acids is 4. The van der Waals surface area contributed by atoms with E-state index < -0.39 is 11.2 Å². The Bertz CT molecular complexity index is 1650. The highest BCUT2D eigenvalue weighted by molar-refractivity contribution is 5.85. The molecule has 56 heavy (non-hydrogen) atoms. The molecule has 0 saturated carbocycles. The summed E-state index contributed by atoms with van der Waals surface area (Å²) in [6.45, 7) is 16.8. The third-order valence-corrected chi connectivity index (χ3v) is 8.91. The highest BCUT2D eigenvalue weighted by Gasteiger charge is 2.34. The third-order valence-electron chi connectivity index (χ3n) is 8.91. The number of ether oxygens (including phenoxy) is 2. The van der Waals surface area contributed by atoms with Gasteiger partial charge in [0.25, 0.3) is 0 Å². The summed E-state index contributed by atoms with van der Waals surface area (Å²) in [6, 6.07) is 29.3. The summed E-state index contributed by atoms with van der Waals surface area (Å²) >= 11 is 0. The van der Waals surface area contributed by atoms with Gasteiger partial charge >= 0.3 is 12.2 Å². The van der Waals surface area contributed by atoms with Crippen LogP contribution in [0.5, 0.6) is 0 Å². The van der Waals surface area contributed by atoms with E-state index in [9.17, 15) is 19.2 Å². The van der Waals surface area contributed by atoms with Crippen LogP contribution in [0.3, 0.4) is 0 Å². The maximum absolute atomic E-state index is 12.8. The van der Waals surface area contributed by atoms with Gasteiger partial charge in [0.05, 0.1) is 24.9 Å². The molecule has 0 aromatic heterocycles. The zero-order valence-electron chi connectivity index (χ0n) is 33.8. The van der Waals surface area contributed by atoms with Crippen LogP contribution in [0, 0.1) is 0 Å². The molecule has 5 rings (SSSR count). The van der Waals surface area contributed by atoms with E-state index in [2.05, 4.69) is 33.0 Å². The number of nitrogens with one attached hydrogen (secondary N) is 3. The van der Waals surface area contributed by atoms with Crippen LogP contribution in [0.15, 0.2) is 91.0 Å². The van der Waals surface area contributed by atoms with Crippen LogP contribution in [-0.2, 0) is 38.4 Å². The quantitative estimate of drug-likeness (QED) is 0.248. The Hall–Kier alpha value is -4.65. The molecule has 0 bridgehead atoms. The average molecular weight is 793 g/mol. The number of piperazine rings is 2. The lowest BCUT2D eigenvalue weighted by atomic mass is 10.1. The largest absolute Gasteiger partial charge is 0.444 e. The van der Waals surface area contributed by atoms with Crippen LogP contribution in [0.1, 0.15) is 58.2 Å². The molecule has 3 aromatic carbocycles. The van der Waals surface area contributed by atoms with Gasteiger partial charge in [0.2, 0.25) is 11.8 Å². The van der Waals surface area contributed by atoms with Crippen LogP contribution in [0.4, 0.5) is 9.59 Å². The fourth-order valence-corrected chi connectivity index (χ4v) is 6.30. The fraction of sp³-hybridized carbons (Fsp3) is 0.488. The lowest BCUT2D eigenvalue weighted by Gasteiger charge is -2.41. The molecule has 0 aliphatic carbocycles. The molecule has 0 radical (unpaired) electrons. The summed E-state index contributed by atoms with van der Waals surface area (Å²) in [5.41, 5.74) is 2.10. The molecule has 2 heterocycles. The van der Waals surface area contributed by atoms with Gasteiger partial charge < -0.3 is 35.2 Å². The maximum atomic E-state index is 12.8. The molecule has 4 amide bonds. The second-order valence-corrected chi connectivity index (χ2v) is 16.0. The first-order valence-corrected chi connectivity index (χ1v) is 19.2. The Morgan fingerprint density at radius 2 is 1.05 bits per heavy atom. The van der Waals surface area contributed by atoms with Crippen LogP contribution in [-0.4, -0.2) is 114 Å². The van der Waals surface area contributed by atoms with E-state index in [4.69, 9.17) is 9.47 Å². The topological polar surface area (TPSA) is 133 Å². The molecule has 13 heteroatoms. The van der Waals surface area contributed by atoms with Crippen molar-refractivity contribution in [1.29, 1.82) is 0 Å². The smallest absolute Gasteiger partial charge is 0.410 e. The molecule has 306 valence electrons. The van der Waals surface area contributed by atoms with Gasteiger partial charge in [0, 0.05) is 58.9 Å². The molecule has 2 aliphatic rings. The number of carbonyl (C=O) groups is 4. The van der Waals surface area contributed by atoms with Gasteiger partial charge in [-0.05, 0) is 58.2 Å². The molecule has 2 unspecified atom stereocenters. The number of halogens is 1. The standard InChI is InChI=1S/C25H33N3O3.C18H27N3O3.ClH/c1-25(2,3)31-24(30)28-15-14-27(18-21-12-8-5-9-13-21)19-22(28)17-26-23(29)16-20-10-6-4-7-11-20;1-18(2,3)24-17(23)21-10-9-19-12-15(21)13-20-16(22)11-14-7-5-4-6-8-14;/h4-13,22H,14-19H2,1-3H3,(H,26,29);4-8,15,19H,9-13H2,1-3H3,(H,20,22);1H. The van der Waals surface area contributed by atoms with Gasteiger partial charge in [-0.1, -0.05) is 91.0 Å². The number of amides is 4. The van der Waals surface area contributed by atoms with Gasteiger partial charge in [-0.25, -0.2) is 9.59 Å². The SMILES string of the molecule is CC(C)(C)OC(=O)N1CCN(Cc2ccccc2)CC1CNC(=O)Cc1ccccc1.CC(C)(C)OC(=O)N1CCNCC1CNC(=O)Cc1ccccc1.Cl. The van der Waals surface area contributed by atoms with E-state index in [0.29, 0.717) is 52.1 Å². The van der Waals surface area contributed by atoms with Crippen LogP contribution < -0.4 is 16.0 Å². The average Bonchev–Trinajstić information content (AvgIpc) is 3.13. The second kappa shape index (κ2) is 22.2. The fourth-order valence-electron chi connectivity index (χ4n) is 6.30. The Balaban J connectivity index is 0.000000305. The van der Waals surface area contributed by atoms with Crippen molar-refractivity contribution in [3.8, 4) is 0 Å². The van der Waals surface area contributed by atoms with E-state index in [-0.39, 0.29) is 48.5 Å². The summed E-state index contributed by atoms with van der Waals surface area (Å²) in [5, 5.41) is 9.19. The van der Waals surface area contributed by atoms with Gasteiger partial charge in [0.1, 0.15) is 11.2 Å². The van der Waals surface area contributed by atoms with E-state index in [1.165, 1.54) is 5.56 Å². The first-order valence-electron chi connectivity index (χ1n) is 19.2. The predicted molar refractivity (Wildman–Crippen MR) is 222 cm³/mol. The molecule has 3 aromatic rings. The van der Waals surface area contributed by atoms with Crippen molar-refractivity contribution >= 4 is 36.4 Å². The van der Waals surface area contributed by atoms with Gasteiger partial charge in [-0.3, -0.25) is 14.5 Å². The molecule has 2 saturated heterocycles. The van der Waals surface area contributed by atoms with Crippen LogP contribution >= 0.6 is 12.4 Å². The minimum absolute atomic E-state index is 0. The summed E-state index contributed by atoms with van der Waals surface area (Å²) in [4.78, 5) is 55.5. The van der Waals surface area contributed by atoms with Crippen molar-refractivity contribution in [3.05, 3.63) is 108 Å². The number of hydrogen-bond donors (Lipinski definition) is 3. The minimum Gasteiger partial charge on any atom is -0.444 e. The molecule has 0 spiro atoms. The third kappa shape index (κ3) is 16.6. The predicted octanol–water partition coefficient (Wildman–Crippen LogP) is 5.44.